The maximum absolute atomic E-state index is 14.3. The molecule has 0 radical (unpaired) electrons. The normalized spacial score (nSPS) is 29.9. The van der Waals surface area contributed by atoms with Crippen molar-refractivity contribution in [3.05, 3.63) is 69.5 Å². The number of anilines is 1. The zero-order valence-electron chi connectivity index (χ0n) is 22.9. The number of phenolic OH excluding ortho intramolecular Hbond substituents is 1. The van der Waals surface area contributed by atoms with Gasteiger partial charge in [0.2, 0.25) is 23.6 Å². The Kier molecular flexibility index (Phi) is 7.12. The third kappa shape index (κ3) is 4.37. The van der Waals surface area contributed by atoms with Crippen LogP contribution in [0.1, 0.15) is 44.1 Å². The van der Waals surface area contributed by atoms with Crippen molar-refractivity contribution in [1.82, 2.24) is 4.90 Å². The number of aliphatic carboxylic acids is 1. The smallest absolute Gasteiger partial charge is 0.303 e. The molecule has 2 saturated heterocycles. The van der Waals surface area contributed by atoms with Crippen LogP contribution in [0.3, 0.4) is 0 Å². The summed E-state index contributed by atoms with van der Waals surface area (Å²) in [7, 11) is 0. The number of halogens is 3. The van der Waals surface area contributed by atoms with Crippen molar-refractivity contribution in [2.75, 3.05) is 11.4 Å². The number of phenols is 1. The fourth-order valence-electron chi connectivity index (χ4n) is 7.66. The Morgan fingerprint density at radius 3 is 2.49 bits per heavy atom. The average Bonchev–Trinajstić information content (AvgIpc) is 3.31. The number of amides is 4. The number of fused-ring (bicyclic) bond motifs is 4. The van der Waals surface area contributed by atoms with Gasteiger partial charge in [-0.25, -0.2) is 9.29 Å². The summed E-state index contributed by atoms with van der Waals surface area (Å²) in [4.78, 5) is 68.7. The van der Waals surface area contributed by atoms with Gasteiger partial charge in [0.15, 0.2) is 0 Å². The van der Waals surface area contributed by atoms with Gasteiger partial charge >= 0.3 is 5.97 Å². The molecule has 4 amide bonds. The van der Waals surface area contributed by atoms with Crippen LogP contribution in [0.25, 0.3) is 0 Å². The number of allylic oxidation sites excluding steroid dienone is 2. The molecule has 12 heteroatoms. The maximum Gasteiger partial charge on any atom is 0.303 e. The van der Waals surface area contributed by atoms with E-state index in [4.69, 9.17) is 28.3 Å². The molecule has 2 aromatic carbocycles. The number of benzene rings is 2. The lowest BCUT2D eigenvalue weighted by Gasteiger charge is -2.49. The van der Waals surface area contributed by atoms with E-state index in [1.807, 2.05) is 6.08 Å². The van der Waals surface area contributed by atoms with Crippen molar-refractivity contribution in [3.8, 4) is 5.75 Å². The summed E-state index contributed by atoms with van der Waals surface area (Å²) in [5.41, 5.74) is -0.365. The number of carboxylic acid groups (broad SMARTS) is 1. The summed E-state index contributed by atoms with van der Waals surface area (Å²) < 4.78 is 14.0. The number of rotatable bonds is 6. The van der Waals surface area contributed by atoms with E-state index in [9.17, 15) is 33.5 Å². The SMILES string of the molecule is CC12C(=O)N(c3ccc(F)c(Cl)c3)C(=O)C1CC1C(=CCC3C(=O)N(CCCC(=O)O)C(=O)C31)C2c1cc(Cl)ccc1O. The van der Waals surface area contributed by atoms with Crippen molar-refractivity contribution < 1.29 is 38.6 Å². The first-order valence-corrected chi connectivity index (χ1v) is 14.7. The Morgan fingerprint density at radius 2 is 1.79 bits per heavy atom. The molecule has 2 N–H and O–H groups in total. The molecule has 3 fully saturated rings. The lowest BCUT2D eigenvalue weighted by atomic mass is 9.51. The van der Waals surface area contributed by atoms with Gasteiger partial charge in [-0.1, -0.05) is 34.9 Å². The van der Waals surface area contributed by atoms with Gasteiger partial charge in [0.25, 0.3) is 0 Å². The second kappa shape index (κ2) is 10.4. The number of nitrogens with zero attached hydrogens (tertiary/aromatic N) is 2. The van der Waals surface area contributed by atoms with E-state index in [-0.39, 0.29) is 54.6 Å². The molecule has 224 valence electrons. The van der Waals surface area contributed by atoms with E-state index in [1.165, 1.54) is 30.3 Å². The highest BCUT2D eigenvalue weighted by Gasteiger charge is 2.67. The van der Waals surface area contributed by atoms with E-state index >= 15 is 0 Å². The molecule has 0 aromatic heterocycles. The van der Waals surface area contributed by atoms with Crippen LogP contribution in [0.2, 0.25) is 10.0 Å². The molecule has 2 heterocycles. The van der Waals surface area contributed by atoms with Gasteiger partial charge in [-0.2, -0.15) is 0 Å². The Morgan fingerprint density at radius 1 is 1.05 bits per heavy atom. The van der Waals surface area contributed by atoms with Crippen LogP contribution < -0.4 is 4.90 Å². The molecule has 1 saturated carbocycles. The molecule has 6 unspecified atom stereocenters. The Labute approximate surface area is 255 Å². The zero-order chi connectivity index (χ0) is 31.0. The molecular formula is C31H27Cl2FN2O7. The highest BCUT2D eigenvalue weighted by atomic mass is 35.5. The van der Waals surface area contributed by atoms with Gasteiger partial charge in [0, 0.05) is 29.5 Å². The van der Waals surface area contributed by atoms with Crippen molar-refractivity contribution in [2.24, 2.45) is 29.1 Å². The number of hydrogen-bond acceptors (Lipinski definition) is 6. The quantitative estimate of drug-likeness (QED) is 0.342. The third-order valence-electron chi connectivity index (χ3n) is 9.60. The summed E-state index contributed by atoms with van der Waals surface area (Å²) in [6, 6.07) is 7.99. The molecule has 0 spiro atoms. The van der Waals surface area contributed by atoms with Crippen molar-refractivity contribution in [3.63, 3.8) is 0 Å². The zero-order valence-corrected chi connectivity index (χ0v) is 24.4. The summed E-state index contributed by atoms with van der Waals surface area (Å²) in [5, 5.41) is 20.1. The lowest BCUT2D eigenvalue weighted by Crippen LogP contribution is -2.48. The van der Waals surface area contributed by atoms with Crippen LogP contribution in [-0.2, 0) is 24.0 Å². The van der Waals surface area contributed by atoms with E-state index in [1.54, 1.807) is 6.92 Å². The van der Waals surface area contributed by atoms with Crippen LogP contribution >= 0.6 is 23.2 Å². The summed E-state index contributed by atoms with van der Waals surface area (Å²) in [6.07, 6.45) is 2.03. The number of carbonyl (C=O) groups excluding carboxylic acids is 4. The van der Waals surface area contributed by atoms with Gasteiger partial charge < -0.3 is 10.2 Å². The standard InChI is InChI=1S/C31H27Cl2FN2O7/c1-31-20(28(41)36(30(31)43)15-5-8-22(34)21(33)12-15)13-18-16(26(31)19-11-14(32)4-9-23(19)37)6-7-17-25(18)29(42)35(27(17)40)10-2-3-24(38)39/h4-6,8-9,11-12,17-18,20,25-26,37H,2-3,7,10,13H2,1H3,(H,38,39). The molecule has 4 aliphatic rings. The van der Waals surface area contributed by atoms with Crippen LogP contribution in [0, 0.1) is 34.9 Å². The van der Waals surface area contributed by atoms with E-state index in [0.29, 0.717) is 16.2 Å². The first-order valence-electron chi connectivity index (χ1n) is 13.9. The fraction of sp³-hybridized carbons (Fsp3) is 0.387. The van der Waals surface area contributed by atoms with Crippen molar-refractivity contribution in [1.29, 1.82) is 0 Å². The second-order valence-electron chi connectivity index (χ2n) is 11.8. The number of hydrogen-bond donors (Lipinski definition) is 2. The second-order valence-corrected chi connectivity index (χ2v) is 12.6. The van der Waals surface area contributed by atoms with Crippen molar-refractivity contribution in [2.45, 2.75) is 38.5 Å². The number of carbonyl (C=O) groups is 5. The van der Waals surface area contributed by atoms with Crippen molar-refractivity contribution >= 4 is 58.5 Å². The average molecular weight is 629 g/mol. The number of carboxylic acids is 1. The van der Waals surface area contributed by atoms with E-state index in [0.717, 1.165) is 15.9 Å². The topological polar surface area (TPSA) is 132 Å². The van der Waals surface area contributed by atoms with Crippen LogP contribution in [-0.4, -0.2) is 51.3 Å². The van der Waals surface area contributed by atoms with E-state index < -0.39 is 64.5 Å². The summed E-state index contributed by atoms with van der Waals surface area (Å²) in [5.74, 6) is -7.81. The first kappa shape index (κ1) is 29.3. The predicted octanol–water partition coefficient (Wildman–Crippen LogP) is 4.93. The van der Waals surface area contributed by atoms with Gasteiger partial charge in [-0.3, -0.25) is 28.9 Å². The molecule has 2 aliphatic heterocycles. The van der Waals surface area contributed by atoms with Gasteiger partial charge in [0.1, 0.15) is 11.6 Å². The molecule has 6 atom stereocenters. The fourth-order valence-corrected chi connectivity index (χ4v) is 8.02. The lowest BCUT2D eigenvalue weighted by molar-refractivity contribution is -0.142. The molecule has 0 bridgehead atoms. The maximum atomic E-state index is 14.3. The minimum absolute atomic E-state index is 0.0325. The molecule has 2 aromatic rings. The third-order valence-corrected chi connectivity index (χ3v) is 10.1. The summed E-state index contributed by atoms with van der Waals surface area (Å²) in [6.45, 7) is 1.62. The number of aromatic hydroxyl groups is 1. The monoisotopic (exact) mass is 628 g/mol. The number of likely N-dealkylation sites (tertiary alicyclic amines) is 1. The predicted molar refractivity (Wildman–Crippen MR) is 153 cm³/mol. The van der Waals surface area contributed by atoms with Gasteiger partial charge in [0.05, 0.1) is 33.9 Å². The highest BCUT2D eigenvalue weighted by molar-refractivity contribution is 6.32. The first-order chi connectivity index (χ1) is 20.4. The highest BCUT2D eigenvalue weighted by Crippen LogP contribution is 2.64. The van der Waals surface area contributed by atoms with Gasteiger partial charge in [-0.05, 0) is 68.5 Å². The molecular weight excluding hydrogens is 602 g/mol. The van der Waals surface area contributed by atoms with Gasteiger partial charge in [-0.15, -0.1) is 0 Å². The minimum atomic E-state index is -1.43. The number of imide groups is 2. The molecule has 9 nitrogen and oxygen atoms in total. The Balaban J connectivity index is 1.47. The van der Waals surface area contributed by atoms with Crippen LogP contribution in [0.5, 0.6) is 5.75 Å². The molecule has 6 rings (SSSR count). The molecule has 43 heavy (non-hydrogen) atoms. The summed E-state index contributed by atoms with van der Waals surface area (Å²) >= 11 is 12.4. The van der Waals surface area contributed by atoms with E-state index in [2.05, 4.69) is 0 Å². The largest absolute Gasteiger partial charge is 0.508 e. The van der Waals surface area contributed by atoms with Crippen LogP contribution in [0.15, 0.2) is 48.0 Å². The minimum Gasteiger partial charge on any atom is -0.508 e. The Hall–Kier alpha value is -3.76. The Bertz CT molecular complexity index is 1640. The molecule has 2 aliphatic carbocycles. The van der Waals surface area contributed by atoms with Crippen LogP contribution in [0.4, 0.5) is 10.1 Å².